The number of nitrogens with zero attached hydrogens (tertiary/aromatic N) is 3. The Balaban J connectivity index is 1.67. The van der Waals surface area contributed by atoms with Gasteiger partial charge in [-0.1, -0.05) is 5.16 Å². The molecule has 0 amide bonds. The molecule has 0 aliphatic carbocycles. The quantitative estimate of drug-likeness (QED) is 0.740. The second-order valence-corrected chi connectivity index (χ2v) is 3.37. The molecule has 80 valence electrons. The lowest BCUT2D eigenvalue weighted by atomic mass is 10.4. The highest BCUT2D eigenvalue weighted by Crippen LogP contribution is 2.00. The predicted molar refractivity (Wildman–Crippen MR) is 55.2 cm³/mol. The van der Waals surface area contributed by atoms with Crippen molar-refractivity contribution in [3.8, 4) is 0 Å². The Hall–Kier alpha value is -1.62. The van der Waals surface area contributed by atoms with Crippen molar-refractivity contribution in [3.63, 3.8) is 0 Å². The fraction of sp³-hybridized carbons (Fsp3) is 0.400. The van der Waals surface area contributed by atoms with Gasteiger partial charge in [0.2, 0.25) is 0 Å². The van der Waals surface area contributed by atoms with Crippen molar-refractivity contribution in [1.29, 1.82) is 0 Å². The summed E-state index contributed by atoms with van der Waals surface area (Å²) in [5.74, 6) is 0.846. The molecule has 0 bridgehead atoms. The van der Waals surface area contributed by atoms with E-state index in [9.17, 15) is 0 Å². The maximum Gasteiger partial charge on any atom is 0.133 e. The maximum atomic E-state index is 4.96. The summed E-state index contributed by atoms with van der Waals surface area (Å²) in [6.45, 7) is 4.36. The molecule has 0 spiro atoms. The molecular weight excluding hydrogens is 192 g/mol. The van der Waals surface area contributed by atoms with E-state index in [0.717, 1.165) is 31.1 Å². The molecule has 0 fully saturated rings. The summed E-state index contributed by atoms with van der Waals surface area (Å²) in [5.41, 5.74) is 0.938. The molecule has 15 heavy (non-hydrogen) atoms. The highest BCUT2D eigenvalue weighted by Gasteiger charge is 1.98. The first-order valence-electron chi connectivity index (χ1n) is 4.95. The van der Waals surface area contributed by atoms with Crippen molar-refractivity contribution >= 4 is 0 Å². The van der Waals surface area contributed by atoms with E-state index in [1.54, 1.807) is 6.20 Å². The highest BCUT2D eigenvalue weighted by molar-refractivity contribution is 5.02. The lowest BCUT2D eigenvalue weighted by Gasteiger charge is -2.02. The van der Waals surface area contributed by atoms with Crippen LogP contribution in [0.1, 0.15) is 11.5 Å². The zero-order chi connectivity index (χ0) is 10.5. The molecule has 0 saturated heterocycles. The van der Waals surface area contributed by atoms with Crippen LogP contribution in [0, 0.1) is 6.92 Å². The molecule has 2 rings (SSSR count). The summed E-state index contributed by atoms with van der Waals surface area (Å²) >= 11 is 0. The van der Waals surface area contributed by atoms with Gasteiger partial charge in [0, 0.05) is 31.5 Å². The van der Waals surface area contributed by atoms with Crippen molar-refractivity contribution in [2.24, 2.45) is 0 Å². The first-order valence-corrected chi connectivity index (χ1v) is 4.95. The topological polar surface area (TPSA) is 55.9 Å². The van der Waals surface area contributed by atoms with Gasteiger partial charge < -0.3 is 9.84 Å². The number of aryl methyl sites for hydroxylation is 1. The van der Waals surface area contributed by atoms with Crippen molar-refractivity contribution in [3.05, 3.63) is 36.0 Å². The molecule has 2 heterocycles. The number of rotatable bonds is 5. The Labute approximate surface area is 88.1 Å². The molecular formula is C10H14N4O. The minimum Gasteiger partial charge on any atom is -0.361 e. The summed E-state index contributed by atoms with van der Waals surface area (Å²) in [4.78, 5) is 0. The zero-order valence-corrected chi connectivity index (χ0v) is 8.68. The van der Waals surface area contributed by atoms with E-state index >= 15 is 0 Å². The minimum atomic E-state index is 0.735. The van der Waals surface area contributed by atoms with Crippen molar-refractivity contribution in [1.82, 2.24) is 20.3 Å². The van der Waals surface area contributed by atoms with Crippen molar-refractivity contribution in [2.45, 2.75) is 20.0 Å². The second kappa shape index (κ2) is 4.75. The van der Waals surface area contributed by atoms with Crippen LogP contribution in [0.15, 0.2) is 29.0 Å². The highest BCUT2D eigenvalue weighted by atomic mass is 16.5. The van der Waals surface area contributed by atoms with E-state index in [1.807, 2.05) is 29.9 Å². The molecule has 2 aromatic heterocycles. The molecule has 0 aromatic carbocycles. The zero-order valence-electron chi connectivity index (χ0n) is 8.68. The van der Waals surface area contributed by atoms with E-state index in [2.05, 4.69) is 15.6 Å². The SMILES string of the molecule is Cc1cc(CNCCn2cccn2)no1. The van der Waals surface area contributed by atoms with Gasteiger partial charge in [-0.15, -0.1) is 0 Å². The van der Waals surface area contributed by atoms with Crippen LogP contribution >= 0.6 is 0 Å². The number of aromatic nitrogens is 3. The fourth-order valence-electron chi connectivity index (χ4n) is 1.34. The van der Waals surface area contributed by atoms with Gasteiger partial charge in [0.25, 0.3) is 0 Å². The van der Waals surface area contributed by atoms with Crippen LogP contribution in [0.4, 0.5) is 0 Å². The molecule has 0 saturated carbocycles. The molecule has 0 aliphatic heterocycles. The number of hydrogen-bond donors (Lipinski definition) is 1. The van der Waals surface area contributed by atoms with Crippen LogP contribution in [0.25, 0.3) is 0 Å². The maximum absolute atomic E-state index is 4.96. The summed E-state index contributed by atoms with van der Waals surface area (Å²) in [7, 11) is 0. The van der Waals surface area contributed by atoms with Crippen LogP contribution in [0.5, 0.6) is 0 Å². The predicted octanol–water partition coefficient (Wildman–Crippen LogP) is 0.969. The van der Waals surface area contributed by atoms with Gasteiger partial charge in [0.05, 0.1) is 12.2 Å². The van der Waals surface area contributed by atoms with Gasteiger partial charge in [-0.3, -0.25) is 4.68 Å². The third kappa shape index (κ3) is 2.92. The number of hydrogen-bond acceptors (Lipinski definition) is 4. The molecule has 5 nitrogen and oxygen atoms in total. The molecule has 5 heteroatoms. The lowest BCUT2D eigenvalue weighted by molar-refractivity contribution is 0.387. The largest absolute Gasteiger partial charge is 0.361 e. The van der Waals surface area contributed by atoms with Crippen molar-refractivity contribution in [2.75, 3.05) is 6.54 Å². The van der Waals surface area contributed by atoms with Gasteiger partial charge in [-0.05, 0) is 13.0 Å². The fourth-order valence-corrected chi connectivity index (χ4v) is 1.34. The van der Waals surface area contributed by atoms with Crippen LogP contribution < -0.4 is 5.32 Å². The Kier molecular flexibility index (Phi) is 3.14. The molecule has 0 atom stereocenters. The second-order valence-electron chi connectivity index (χ2n) is 3.37. The average molecular weight is 206 g/mol. The Bertz CT molecular complexity index is 393. The van der Waals surface area contributed by atoms with Gasteiger partial charge in [-0.25, -0.2) is 0 Å². The first-order chi connectivity index (χ1) is 7.34. The normalized spacial score (nSPS) is 10.7. The van der Waals surface area contributed by atoms with Crippen LogP contribution in [0.3, 0.4) is 0 Å². The summed E-state index contributed by atoms with van der Waals surface area (Å²) in [6, 6.07) is 3.85. The Morgan fingerprint density at radius 2 is 2.47 bits per heavy atom. The molecule has 1 N–H and O–H groups in total. The average Bonchev–Trinajstić information content (AvgIpc) is 2.84. The molecule has 2 aromatic rings. The lowest BCUT2D eigenvalue weighted by Crippen LogP contribution is -2.19. The number of nitrogens with one attached hydrogen (secondary N) is 1. The van der Waals surface area contributed by atoms with Crippen LogP contribution in [-0.2, 0) is 13.1 Å². The van der Waals surface area contributed by atoms with Gasteiger partial charge in [0.15, 0.2) is 0 Å². The summed E-state index contributed by atoms with van der Waals surface area (Å²) < 4.78 is 6.85. The van der Waals surface area contributed by atoms with Crippen molar-refractivity contribution < 1.29 is 4.52 Å². The van der Waals surface area contributed by atoms with E-state index in [1.165, 1.54) is 0 Å². The van der Waals surface area contributed by atoms with E-state index in [-0.39, 0.29) is 0 Å². The van der Waals surface area contributed by atoms with E-state index < -0.39 is 0 Å². The Morgan fingerprint density at radius 3 is 3.13 bits per heavy atom. The minimum absolute atomic E-state index is 0.735. The van der Waals surface area contributed by atoms with Crippen LogP contribution in [0.2, 0.25) is 0 Å². The smallest absolute Gasteiger partial charge is 0.133 e. The molecule has 0 aliphatic rings. The third-order valence-electron chi connectivity index (χ3n) is 2.06. The first kappa shape index (κ1) is 9.92. The summed E-state index contributed by atoms with van der Waals surface area (Å²) in [6.07, 6.45) is 3.73. The Morgan fingerprint density at radius 1 is 1.53 bits per heavy atom. The standard InChI is InChI=1S/C10H14N4O/c1-9-7-10(13-15-9)8-11-4-6-14-5-2-3-12-14/h2-3,5,7,11H,4,6,8H2,1H3. The van der Waals surface area contributed by atoms with Gasteiger partial charge in [-0.2, -0.15) is 5.10 Å². The third-order valence-corrected chi connectivity index (χ3v) is 2.06. The van der Waals surface area contributed by atoms with E-state index in [4.69, 9.17) is 4.52 Å². The summed E-state index contributed by atoms with van der Waals surface area (Å²) in [5, 5.41) is 11.3. The molecule has 0 radical (unpaired) electrons. The van der Waals surface area contributed by atoms with Gasteiger partial charge in [0.1, 0.15) is 5.76 Å². The molecule has 0 unspecified atom stereocenters. The van der Waals surface area contributed by atoms with E-state index in [0.29, 0.717) is 0 Å². The monoisotopic (exact) mass is 206 g/mol. The van der Waals surface area contributed by atoms with Crippen LogP contribution in [-0.4, -0.2) is 21.5 Å². The van der Waals surface area contributed by atoms with Gasteiger partial charge >= 0.3 is 0 Å².